The van der Waals surface area contributed by atoms with Crippen LogP contribution in [0.25, 0.3) is 0 Å². The van der Waals surface area contributed by atoms with Crippen LogP contribution in [0, 0.1) is 11.8 Å². The van der Waals surface area contributed by atoms with Gasteiger partial charge in [0.15, 0.2) is 0 Å². The molecule has 0 spiro atoms. The summed E-state index contributed by atoms with van der Waals surface area (Å²) >= 11 is 0. The third-order valence-corrected chi connectivity index (χ3v) is 2.82. The maximum Gasteiger partial charge on any atom is 0.257 e. The van der Waals surface area contributed by atoms with Crippen molar-refractivity contribution in [2.45, 2.75) is 25.7 Å². The molecule has 0 aromatic carbocycles. The number of amides is 2. The third kappa shape index (κ3) is 1.44. The monoisotopic (exact) mass is 205 g/mol. The van der Waals surface area contributed by atoms with E-state index < -0.39 is 11.8 Å². The highest BCUT2D eigenvalue weighted by molar-refractivity contribution is 6.03. The van der Waals surface area contributed by atoms with Gasteiger partial charge in [-0.2, -0.15) is 5.06 Å². The van der Waals surface area contributed by atoms with Gasteiger partial charge in [0.25, 0.3) is 11.8 Å². The smallest absolute Gasteiger partial charge is 0.257 e. The Morgan fingerprint density at radius 1 is 1.08 bits per heavy atom. The summed E-state index contributed by atoms with van der Waals surface area (Å²) in [6.07, 6.45) is 3.50. The Balaban J connectivity index is 0.000000845. The number of imide groups is 1. The topological polar surface area (TPSA) is 57.6 Å². The minimum Gasteiger partial charge on any atom is -0.278 e. The van der Waals surface area contributed by atoms with E-state index in [9.17, 15) is 9.59 Å². The Kier molecular flexibility index (Phi) is 2.93. The van der Waals surface area contributed by atoms with Crippen LogP contribution < -0.4 is 0 Å². The average molecular weight is 206 g/mol. The van der Waals surface area contributed by atoms with Crippen LogP contribution in [0.1, 0.15) is 25.7 Å². The Morgan fingerprint density at radius 3 is 1.85 bits per heavy atom. The molecule has 1 heterocycles. The highest BCUT2D eigenvalue weighted by Gasteiger charge is 2.47. The standard InChI is InChI=1S/C8H11NO3.ClH/c10-7-5-3-1-2-4-6(5)8(11)9(7)12;/h5-6,12H,1-4H2;1H. The molecule has 2 fully saturated rings. The number of hydroxylamine groups is 2. The summed E-state index contributed by atoms with van der Waals surface area (Å²) in [4.78, 5) is 22.4. The fourth-order valence-corrected chi connectivity index (χ4v) is 2.14. The van der Waals surface area contributed by atoms with E-state index in [4.69, 9.17) is 5.21 Å². The molecule has 5 heteroatoms. The number of hydrogen-bond donors (Lipinski definition) is 1. The number of carbonyl (C=O) groups is 2. The molecule has 1 N–H and O–H groups in total. The predicted octanol–water partition coefficient (Wildman–Crippen LogP) is 0.973. The fraction of sp³-hybridized carbons (Fsp3) is 0.750. The van der Waals surface area contributed by atoms with Crippen molar-refractivity contribution in [1.29, 1.82) is 0 Å². The van der Waals surface area contributed by atoms with Crippen LogP contribution in [0.5, 0.6) is 0 Å². The van der Waals surface area contributed by atoms with Crippen molar-refractivity contribution in [3.8, 4) is 0 Å². The molecule has 0 aromatic rings. The van der Waals surface area contributed by atoms with Gasteiger partial charge in [-0.25, -0.2) is 0 Å². The van der Waals surface area contributed by atoms with Crippen LogP contribution in [0.4, 0.5) is 0 Å². The lowest BCUT2D eigenvalue weighted by Crippen LogP contribution is -2.26. The first-order valence-electron chi connectivity index (χ1n) is 4.28. The van der Waals surface area contributed by atoms with Crippen LogP contribution in [0.2, 0.25) is 0 Å². The van der Waals surface area contributed by atoms with E-state index in [-0.39, 0.29) is 24.2 Å². The van der Waals surface area contributed by atoms with E-state index in [1.165, 1.54) is 0 Å². The zero-order valence-corrected chi connectivity index (χ0v) is 7.92. The normalized spacial score (nSPS) is 32.8. The summed E-state index contributed by atoms with van der Waals surface area (Å²) < 4.78 is 0. The van der Waals surface area contributed by atoms with Crippen molar-refractivity contribution in [2.75, 3.05) is 0 Å². The largest absolute Gasteiger partial charge is 0.278 e. The van der Waals surface area contributed by atoms with Crippen molar-refractivity contribution in [1.82, 2.24) is 5.06 Å². The second-order valence-electron chi connectivity index (χ2n) is 3.49. The van der Waals surface area contributed by atoms with Crippen molar-refractivity contribution in [3.63, 3.8) is 0 Å². The number of hydrogen-bond acceptors (Lipinski definition) is 3. The van der Waals surface area contributed by atoms with Gasteiger partial charge in [-0.3, -0.25) is 14.8 Å². The van der Waals surface area contributed by atoms with Gasteiger partial charge in [0.1, 0.15) is 0 Å². The minimum atomic E-state index is -0.398. The molecule has 0 aromatic heterocycles. The number of halogens is 1. The molecule has 2 aliphatic rings. The first-order chi connectivity index (χ1) is 5.72. The first-order valence-corrected chi connectivity index (χ1v) is 4.28. The van der Waals surface area contributed by atoms with Gasteiger partial charge in [-0.15, -0.1) is 12.4 Å². The maximum absolute atomic E-state index is 11.2. The first kappa shape index (κ1) is 10.5. The Morgan fingerprint density at radius 2 is 1.46 bits per heavy atom. The van der Waals surface area contributed by atoms with Crippen LogP contribution in [-0.4, -0.2) is 22.1 Å². The van der Waals surface area contributed by atoms with Crippen LogP contribution in [-0.2, 0) is 9.59 Å². The summed E-state index contributed by atoms with van der Waals surface area (Å²) in [6.45, 7) is 0. The lowest BCUT2D eigenvalue weighted by atomic mass is 9.81. The molecule has 2 atom stereocenters. The van der Waals surface area contributed by atoms with Gasteiger partial charge in [0.2, 0.25) is 0 Å². The molecular weight excluding hydrogens is 194 g/mol. The molecule has 0 bridgehead atoms. The molecule has 74 valence electrons. The predicted molar refractivity (Wildman–Crippen MR) is 46.3 cm³/mol. The zero-order valence-electron chi connectivity index (χ0n) is 7.10. The van der Waals surface area contributed by atoms with Crippen molar-refractivity contribution in [3.05, 3.63) is 0 Å². The molecule has 0 radical (unpaired) electrons. The third-order valence-electron chi connectivity index (χ3n) is 2.82. The Labute approximate surface area is 82.3 Å². The van der Waals surface area contributed by atoms with Crippen molar-refractivity contribution < 1.29 is 14.8 Å². The highest BCUT2D eigenvalue weighted by Crippen LogP contribution is 2.36. The van der Waals surface area contributed by atoms with Gasteiger partial charge in [-0.05, 0) is 12.8 Å². The number of carbonyl (C=O) groups excluding carboxylic acids is 2. The lowest BCUT2D eigenvalue weighted by molar-refractivity contribution is -0.173. The molecule has 2 unspecified atom stereocenters. The summed E-state index contributed by atoms with van der Waals surface area (Å²) in [6, 6.07) is 0. The van der Waals surface area contributed by atoms with Gasteiger partial charge < -0.3 is 0 Å². The van der Waals surface area contributed by atoms with Gasteiger partial charge >= 0.3 is 0 Å². The number of nitrogens with zero attached hydrogens (tertiary/aromatic N) is 1. The second-order valence-corrected chi connectivity index (χ2v) is 3.49. The molecular formula is C8H12ClNO3. The highest BCUT2D eigenvalue weighted by atomic mass is 35.5. The molecule has 1 aliphatic carbocycles. The zero-order chi connectivity index (χ0) is 8.72. The van der Waals surface area contributed by atoms with Crippen LogP contribution >= 0.6 is 12.4 Å². The van der Waals surface area contributed by atoms with Crippen LogP contribution in [0.15, 0.2) is 0 Å². The lowest BCUT2D eigenvalue weighted by Gasteiger charge is -2.19. The molecule has 13 heavy (non-hydrogen) atoms. The Hall–Kier alpha value is -0.610. The summed E-state index contributed by atoms with van der Waals surface area (Å²) in [5, 5.41) is 9.34. The van der Waals surface area contributed by atoms with Gasteiger partial charge in [0.05, 0.1) is 11.8 Å². The number of fused-ring (bicyclic) bond motifs is 1. The molecule has 1 saturated carbocycles. The van der Waals surface area contributed by atoms with Crippen LogP contribution in [0.3, 0.4) is 0 Å². The van der Waals surface area contributed by atoms with E-state index >= 15 is 0 Å². The SMILES string of the molecule is Cl.O=C1C2CCCCC2C(=O)N1O. The van der Waals surface area contributed by atoms with E-state index in [2.05, 4.69) is 0 Å². The van der Waals surface area contributed by atoms with E-state index in [1.54, 1.807) is 0 Å². The second kappa shape index (κ2) is 3.64. The Bertz CT molecular complexity index is 220. The molecule has 1 saturated heterocycles. The maximum atomic E-state index is 11.2. The molecule has 2 amide bonds. The molecule has 2 rings (SSSR count). The quantitative estimate of drug-likeness (QED) is 0.474. The van der Waals surface area contributed by atoms with Gasteiger partial charge in [0, 0.05) is 0 Å². The van der Waals surface area contributed by atoms with E-state index in [1.807, 2.05) is 0 Å². The van der Waals surface area contributed by atoms with Crippen molar-refractivity contribution in [2.24, 2.45) is 11.8 Å². The minimum absolute atomic E-state index is 0. The van der Waals surface area contributed by atoms with Crippen molar-refractivity contribution >= 4 is 24.2 Å². The molecule has 4 nitrogen and oxygen atoms in total. The van der Waals surface area contributed by atoms with Gasteiger partial charge in [-0.1, -0.05) is 12.8 Å². The summed E-state index contributed by atoms with van der Waals surface area (Å²) in [5.74, 6) is -1.25. The summed E-state index contributed by atoms with van der Waals surface area (Å²) in [7, 11) is 0. The molecule has 1 aliphatic heterocycles. The van der Waals surface area contributed by atoms with E-state index in [0.717, 1.165) is 25.7 Å². The number of rotatable bonds is 0. The average Bonchev–Trinajstić information content (AvgIpc) is 2.33. The summed E-state index contributed by atoms with van der Waals surface area (Å²) in [5.41, 5.74) is 0. The fourth-order valence-electron chi connectivity index (χ4n) is 2.14. The van der Waals surface area contributed by atoms with E-state index in [0.29, 0.717) is 5.06 Å².